The number of aromatic amines is 1. The molecular weight excluding hydrogens is 257 g/mol. The van der Waals surface area contributed by atoms with Crippen LogP contribution in [-0.4, -0.2) is 28.1 Å². The highest BCUT2D eigenvalue weighted by Crippen LogP contribution is 2.21. The molecule has 1 heterocycles. The van der Waals surface area contributed by atoms with Crippen molar-refractivity contribution in [2.45, 2.75) is 6.54 Å². The molecule has 0 radical (unpaired) electrons. The van der Waals surface area contributed by atoms with Gasteiger partial charge in [0.2, 0.25) is 0 Å². The Morgan fingerprint density at radius 2 is 2.33 bits per heavy atom. The summed E-state index contributed by atoms with van der Waals surface area (Å²) in [4.78, 5) is 13.5. The predicted octanol–water partition coefficient (Wildman–Crippen LogP) is 2.47. The van der Waals surface area contributed by atoms with E-state index in [-0.39, 0.29) is 16.5 Å². The minimum absolute atomic E-state index is 0.151. The fraction of sp³-hybridized carbons (Fsp3) is 0.167. The minimum atomic E-state index is -0.598. The van der Waals surface area contributed by atoms with E-state index in [9.17, 15) is 9.18 Å². The maximum Gasteiger partial charge on any atom is 0.255 e. The average Bonchev–Trinajstić information content (AvgIpc) is 2.84. The average molecular weight is 268 g/mol. The number of rotatable bonds is 3. The summed E-state index contributed by atoms with van der Waals surface area (Å²) in [7, 11) is 1.62. The maximum absolute atomic E-state index is 13.3. The van der Waals surface area contributed by atoms with E-state index in [0.717, 1.165) is 5.56 Å². The van der Waals surface area contributed by atoms with Crippen molar-refractivity contribution in [1.29, 1.82) is 0 Å². The molecule has 94 valence electrons. The van der Waals surface area contributed by atoms with Crippen LogP contribution < -0.4 is 0 Å². The van der Waals surface area contributed by atoms with Gasteiger partial charge < -0.3 is 4.90 Å². The molecule has 2 rings (SSSR count). The summed E-state index contributed by atoms with van der Waals surface area (Å²) in [5.41, 5.74) is 1.01. The van der Waals surface area contributed by atoms with E-state index in [0.29, 0.717) is 6.54 Å². The van der Waals surface area contributed by atoms with Crippen LogP contribution in [0.1, 0.15) is 15.9 Å². The largest absolute Gasteiger partial charge is 0.337 e. The normalized spacial score (nSPS) is 10.4. The second-order valence-electron chi connectivity index (χ2n) is 3.87. The minimum Gasteiger partial charge on any atom is -0.337 e. The van der Waals surface area contributed by atoms with Gasteiger partial charge in [-0.25, -0.2) is 4.39 Å². The zero-order chi connectivity index (χ0) is 13.1. The summed E-state index contributed by atoms with van der Waals surface area (Å²) >= 11 is 5.77. The van der Waals surface area contributed by atoms with Crippen LogP contribution in [0.4, 0.5) is 4.39 Å². The van der Waals surface area contributed by atoms with Crippen molar-refractivity contribution in [3.63, 3.8) is 0 Å². The first-order valence-electron chi connectivity index (χ1n) is 5.26. The third kappa shape index (κ3) is 2.51. The molecule has 0 fully saturated rings. The van der Waals surface area contributed by atoms with Crippen LogP contribution in [0.2, 0.25) is 5.02 Å². The number of nitrogens with zero attached hydrogens (tertiary/aromatic N) is 2. The van der Waals surface area contributed by atoms with Gasteiger partial charge in [0, 0.05) is 25.4 Å². The lowest BCUT2D eigenvalue weighted by Crippen LogP contribution is -2.26. The molecule has 0 bridgehead atoms. The monoisotopic (exact) mass is 267 g/mol. The number of carbonyl (C=O) groups is 1. The topological polar surface area (TPSA) is 49.0 Å². The van der Waals surface area contributed by atoms with Gasteiger partial charge in [-0.05, 0) is 12.1 Å². The molecule has 1 amide bonds. The van der Waals surface area contributed by atoms with Gasteiger partial charge >= 0.3 is 0 Å². The molecule has 1 aromatic carbocycles. The molecule has 18 heavy (non-hydrogen) atoms. The molecule has 2 aromatic rings. The molecule has 0 unspecified atom stereocenters. The maximum atomic E-state index is 13.3. The van der Waals surface area contributed by atoms with E-state index in [1.54, 1.807) is 19.4 Å². The number of hydrogen-bond acceptors (Lipinski definition) is 2. The first-order chi connectivity index (χ1) is 8.59. The lowest BCUT2D eigenvalue weighted by Gasteiger charge is -2.17. The summed E-state index contributed by atoms with van der Waals surface area (Å²) in [5.74, 6) is -0.931. The standard InChI is InChI=1S/C12H11ClFN3O/c1-17(7-8-5-15-16-6-8)12(18)9-3-2-4-10(14)11(9)13/h2-6H,7H2,1H3,(H,15,16). The molecule has 1 N–H and O–H groups in total. The third-order valence-electron chi connectivity index (χ3n) is 2.50. The van der Waals surface area contributed by atoms with E-state index in [4.69, 9.17) is 11.6 Å². The Bertz CT molecular complexity index is 556. The predicted molar refractivity (Wildman–Crippen MR) is 65.8 cm³/mol. The Hall–Kier alpha value is -1.88. The SMILES string of the molecule is CN(Cc1cn[nH]c1)C(=O)c1cccc(F)c1Cl. The number of nitrogens with one attached hydrogen (secondary N) is 1. The Morgan fingerprint density at radius 1 is 1.56 bits per heavy atom. The molecule has 0 aliphatic rings. The zero-order valence-electron chi connectivity index (χ0n) is 9.65. The Balaban J connectivity index is 2.18. The lowest BCUT2D eigenvalue weighted by atomic mass is 10.2. The van der Waals surface area contributed by atoms with Crippen molar-refractivity contribution in [2.24, 2.45) is 0 Å². The van der Waals surface area contributed by atoms with E-state index in [2.05, 4.69) is 10.2 Å². The van der Waals surface area contributed by atoms with Crippen LogP contribution in [0, 0.1) is 5.82 Å². The second kappa shape index (κ2) is 5.18. The molecule has 4 nitrogen and oxygen atoms in total. The zero-order valence-corrected chi connectivity index (χ0v) is 10.4. The van der Waals surface area contributed by atoms with Crippen molar-refractivity contribution in [3.8, 4) is 0 Å². The van der Waals surface area contributed by atoms with Gasteiger partial charge in [-0.3, -0.25) is 9.89 Å². The van der Waals surface area contributed by atoms with Gasteiger partial charge in [0.05, 0.1) is 16.8 Å². The van der Waals surface area contributed by atoms with Gasteiger partial charge in [0.15, 0.2) is 0 Å². The van der Waals surface area contributed by atoms with Crippen molar-refractivity contribution in [2.75, 3.05) is 7.05 Å². The summed E-state index contributed by atoms with van der Waals surface area (Å²) < 4.78 is 13.3. The highest BCUT2D eigenvalue weighted by Gasteiger charge is 2.17. The van der Waals surface area contributed by atoms with Gasteiger partial charge in [-0.2, -0.15) is 5.10 Å². The highest BCUT2D eigenvalue weighted by atomic mass is 35.5. The van der Waals surface area contributed by atoms with Crippen LogP contribution in [0.3, 0.4) is 0 Å². The summed E-state index contributed by atoms with van der Waals surface area (Å²) in [6.45, 7) is 0.377. The number of H-pyrrole nitrogens is 1. The van der Waals surface area contributed by atoms with Gasteiger partial charge in [0.25, 0.3) is 5.91 Å². The van der Waals surface area contributed by atoms with Crippen molar-refractivity contribution < 1.29 is 9.18 Å². The van der Waals surface area contributed by atoms with Crippen LogP contribution in [0.25, 0.3) is 0 Å². The third-order valence-corrected chi connectivity index (χ3v) is 2.89. The number of aromatic nitrogens is 2. The van der Waals surface area contributed by atoms with Crippen LogP contribution in [0.5, 0.6) is 0 Å². The summed E-state index contributed by atoms with van der Waals surface area (Å²) in [5, 5.41) is 6.30. The fourth-order valence-corrected chi connectivity index (χ4v) is 1.79. The molecular formula is C12H11ClFN3O. The molecule has 0 aliphatic carbocycles. The molecule has 0 saturated heterocycles. The summed E-state index contributed by atoms with van der Waals surface area (Å²) in [6.07, 6.45) is 3.31. The second-order valence-corrected chi connectivity index (χ2v) is 4.25. The van der Waals surface area contributed by atoms with Gasteiger partial charge in [-0.15, -0.1) is 0 Å². The number of amides is 1. The number of benzene rings is 1. The molecule has 6 heteroatoms. The highest BCUT2D eigenvalue weighted by molar-refractivity contribution is 6.33. The van der Waals surface area contributed by atoms with Crippen LogP contribution in [-0.2, 0) is 6.54 Å². The first kappa shape index (κ1) is 12.6. The Labute approximate surface area is 108 Å². The molecule has 0 saturated carbocycles. The lowest BCUT2D eigenvalue weighted by molar-refractivity contribution is 0.0785. The Morgan fingerprint density at radius 3 is 3.00 bits per heavy atom. The van der Waals surface area contributed by atoms with E-state index in [1.807, 2.05) is 0 Å². The molecule has 0 spiro atoms. The molecule has 0 aliphatic heterocycles. The molecule has 0 atom stereocenters. The smallest absolute Gasteiger partial charge is 0.255 e. The van der Waals surface area contributed by atoms with E-state index in [1.165, 1.54) is 23.1 Å². The van der Waals surface area contributed by atoms with Gasteiger partial charge in [0.1, 0.15) is 5.82 Å². The van der Waals surface area contributed by atoms with Crippen LogP contribution >= 0.6 is 11.6 Å². The molecule has 1 aromatic heterocycles. The van der Waals surface area contributed by atoms with Crippen molar-refractivity contribution in [3.05, 3.63) is 52.6 Å². The van der Waals surface area contributed by atoms with Crippen molar-refractivity contribution in [1.82, 2.24) is 15.1 Å². The first-order valence-corrected chi connectivity index (χ1v) is 5.64. The number of hydrogen-bond donors (Lipinski definition) is 1. The van der Waals surface area contributed by atoms with Gasteiger partial charge in [-0.1, -0.05) is 17.7 Å². The number of halogens is 2. The fourth-order valence-electron chi connectivity index (χ4n) is 1.58. The Kier molecular flexibility index (Phi) is 3.62. The number of carbonyl (C=O) groups excluding carboxylic acids is 1. The summed E-state index contributed by atoms with van der Waals surface area (Å²) in [6, 6.07) is 4.18. The van der Waals surface area contributed by atoms with Crippen molar-refractivity contribution >= 4 is 17.5 Å². The quantitative estimate of drug-likeness (QED) is 0.929. The van der Waals surface area contributed by atoms with Crippen LogP contribution in [0.15, 0.2) is 30.6 Å². The van der Waals surface area contributed by atoms with E-state index >= 15 is 0 Å². The van der Waals surface area contributed by atoms with E-state index < -0.39 is 5.82 Å².